The van der Waals surface area contributed by atoms with Gasteiger partial charge in [-0.1, -0.05) is 42.1 Å². The van der Waals surface area contributed by atoms with E-state index in [2.05, 4.69) is 5.32 Å². The van der Waals surface area contributed by atoms with Gasteiger partial charge in [-0.2, -0.15) is 0 Å². The van der Waals surface area contributed by atoms with E-state index in [-0.39, 0.29) is 6.61 Å². The van der Waals surface area contributed by atoms with E-state index >= 15 is 0 Å². The predicted molar refractivity (Wildman–Crippen MR) is 152 cm³/mol. The molecule has 0 spiro atoms. The number of nitrogens with zero attached hydrogens (tertiary/aromatic N) is 2. The van der Waals surface area contributed by atoms with E-state index in [4.69, 9.17) is 28.7 Å². The molecule has 0 radical (unpaired) electrons. The van der Waals surface area contributed by atoms with Crippen molar-refractivity contribution in [1.29, 1.82) is 0 Å². The van der Waals surface area contributed by atoms with Crippen molar-refractivity contribution in [2.45, 2.75) is 69.2 Å². The molecule has 1 aliphatic heterocycles. The van der Waals surface area contributed by atoms with Gasteiger partial charge in [0.2, 0.25) is 5.91 Å². The van der Waals surface area contributed by atoms with Crippen molar-refractivity contribution in [1.82, 2.24) is 14.9 Å². The van der Waals surface area contributed by atoms with Crippen molar-refractivity contribution in [3.63, 3.8) is 0 Å². The zero-order chi connectivity index (χ0) is 30.2. The maximum atomic E-state index is 12.3. The summed E-state index contributed by atoms with van der Waals surface area (Å²) < 4.78 is 30.5. The van der Waals surface area contributed by atoms with Crippen molar-refractivity contribution < 1.29 is 42.9 Å². The van der Waals surface area contributed by atoms with E-state index in [0.717, 1.165) is 16.8 Å². The molecule has 1 fully saturated rings. The lowest BCUT2D eigenvalue weighted by Crippen LogP contribution is -2.65. The Hall–Kier alpha value is -4.10. The average Bonchev–Trinajstić information content (AvgIpc) is 3.27. The number of ether oxygens (including phenoxy) is 5. The standard InChI is InChI=1S/C29H33N3O9S/c1-17(33)30-25-27(40-20(4)36)26(39-19(3)35)24(16-38-18(2)34)41-28(25)42-29-31-22-12-8-9-13-23(22)32(29)14-15-37-21-10-6-5-7-11-21/h5-13,24-28H,14-16H2,1-4H3,(H,30,33)/t24-,25-,26-,27-,28+/m1/s1. The van der Waals surface area contributed by atoms with Crippen LogP contribution in [0.1, 0.15) is 27.7 Å². The number of benzene rings is 2. The van der Waals surface area contributed by atoms with E-state index in [9.17, 15) is 19.2 Å². The lowest BCUT2D eigenvalue weighted by Gasteiger charge is -2.44. The highest BCUT2D eigenvalue weighted by Gasteiger charge is 2.51. The molecule has 3 aromatic rings. The van der Waals surface area contributed by atoms with E-state index in [1.165, 1.54) is 39.5 Å². The Kier molecular flexibility index (Phi) is 10.4. The summed E-state index contributed by atoms with van der Waals surface area (Å²) in [5, 5.41) is 3.34. The number of para-hydroxylation sites is 3. The molecule has 0 saturated carbocycles. The molecule has 12 nitrogen and oxygen atoms in total. The molecule has 1 amide bonds. The quantitative estimate of drug-likeness (QED) is 0.257. The van der Waals surface area contributed by atoms with Crippen LogP contribution >= 0.6 is 11.8 Å². The monoisotopic (exact) mass is 599 g/mol. The maximum Gasteiger partial charge on any atom is 0.303 e. The number of fused-ring (bicyclic) bond motifs is 1. The average molecular weight is 600 g/mol. The topological polar surface area (TPSA) is 144 Å². The molecule has 42 heavy (non-hydrogen) atoms. The summed E-state index contributed by atoms with van der Waals surface area (Å²) in [6.07, 6.45) is -3.33. The second kappa shape index (κ2) is 14.2. The van der Waals surface area contributed by atoms with E-state index in [0.29, 0.717) is 18.3 Å². The number of esters is 3. The second-order valence-corrected chi connectivity index (χ2v) is 10.6. The Morgan fingerprint density at radius 2 is 1.57 bits per heavy atom. The SMILES string of the molecule is CC(=O)N[C@@H]1[C@@H](OC(C)=O)[C@H](OC(C)=O)[C@@H](COC(C)=O)O[C@H]1Sc1nc2ccccc2n1CCOc1ccccc1. The Morgan fingerprint density at radius 3 is 2.24 bits per heavy atom. The van der Waals surface area contributed by atoms with E-state index in [1.54, 1.807) is 0 Å². The van der Waals surface area contributed by atoms with Crippen LogP contribution in [0.15, 0.2) is 59.8 Å². The van der Waals surface area contributed by atoms with Gasteiger partial charge in [-0.15, -0.1) is 0 Å². The number of rotatable bonds is 11. The van der Waals surface area contributed by atoms with Gasteiger partial charge in [0, 0.05) is 27.7 Å². The molecule has 4 rings (SSSR count). The van der Waals surface area contributed by atoms with Crippen LogP contribution in [0.5, 0.6) is 5.75 Å². The van der Waals surface area contributed by atoms with Gasteiger partial charge in [0.15, 0.2) is 17.4 Å². The Morgan fingerprint density at radius 1 is 0.905 bits per heavy atom. The molecule has 13 heteroatoms. The predicted octanol–water partition coefficient (Wildman–Crippen LogP) is 2.86. The lowest BCUT2D eigenvalue weighted by atomic mass is 9.97. The van der Waals surface area contributed by atoms with Gasteiger partial charge in [0.1, 0.15) is 36.5 Å². The van der Waals surface area contributed by atoms with Gasteiger partial charge in [-0.05, 0) is 24.3 Å². The first kappa shape index (κ1) is 30.8. The van der Waals surface area contributed by atoms with Gasteiger partial charge >= 0.3 is 17.9 Å². The van der Waals surface area contributed by atoms with Crippen molar-refractivity contribution in [2.24, 2.45) is 0 Å². The van der Waals surface area contributed by atoms with Crippen LogP contribution in [0.4, 0.5) is 0 Å². The van der Waals surface area contributed by atoms with Crippen LogP contribution in [0, 0.1) is 0 Å². The molecule has 0 unspecified atom stereocenters. The molecule has 1 aromatic heterocycles. The van der Waals surface area contributed by atoms with Gasteiger partial charge in [0.05, 0.1) is 17.6 Å². The number of aromatic nitrogens is 2. The lowest BCUT2D eigenvalue weighted by molar-refractivity contribution is -0.211. The molecule has 1 N–H and O–H groups in total. The highest BCUT2D eigenvalue weighted by Crippen LogP contribution is 2.37. The summed E-state index contributed by atoms with van der Waals surface area (Å²) >= 11 is 1.19. The van der Waals surface area contributed by atoms with Crippen molar-refractivity contribution in [3.05, 3.63) is 54.6 Å². The zero-order valence-corrected chi connectivity index (χ0v) is 24.5. The Labute approximate surface area is 247 Å². The first-order valence-electron chi connectivity index (χ1n) is 13.3. The number of hydrogen-bond donors (Lipinski definition) is 1. The number of carbonyl (C=O) groups is 4. The minimum Gasteiger partial charge on any atom is -0.492 e. The number of imidazole rings is 1. The summed E-state index contributed by atoms with van der Waals surface area (Å²) in [5.74, 6) is -1.59. The van der Waals surface area contributed by atoms with Gasteiger partial charge in [-0.25, -0.2) is 4.98 Å². The molecular weight excluding hydrogens is 566 g/mol. The highest BCUT2D eigenvalue weighted by atomic mass is 32.2. The number of hydrogen-bond acceptors (Lipinski definition) is 11. The van der Waals surface area contributed by atoms with Gasteiger partial charge in [-0.3, -0.25) is 19.2 Å². The van der Waals surface area contributed by atoms with Crippen LogP contribution < -0.4 is 10.1 Å². The molecule has 1 saturated heterocycles. The number of amides is 1. The second-order valence-electron chi connectivity index (χ2n) is 9.53. The van der Waals surface area contributed by atoms with E-state index < -0.39 is 53.6 Å². The van der Waals surface area contributed by atoms with Gasteiger partial charge in [0.25, 0.3) is 0 Å². The Balaban J connectivity index is 1.69. The number of carbonyl (C=O) groups excluding carboxylic acids is 4. The van der Waals surface area contributed by atoms with Crippen molar-refractivity contribution >= 4 is 46.6 Å². The van der Waals surface area contributed by atoms with Crippen LogP contribution in [0.2, 0.25) is 0 Å². The Bertz CT molecular complexity index is 1410. The summed E-state index contributed by atoms with van der Waals surface area (Å²) in [4.78, 5) is 53.0. The molecular formula is C29H33N3O9S. The van der Waals surface area contributed by atoms with Gasteiger partial charge < -0.3 is 33.6 Å². The molecule has 5 atom stereocenters. The molecule has 2 heterocycles. The zero-order valence-electron chi connectivity index (χ0n) is 23.7. The minimum absolute atomic E-state index is 0.282. The number of thioether (sulfide) groups is 1. The third kappa shape index (κ3) is 8.01. The van der Waals surface area contributed by atoms with Crippen molar-refractivity contribution in [2.75, 3.05) is 13.2 Å². The van der Waals surface area contributed by atoms with Crippen molar-refractivity contribution in [3.8, 4) is 5.75 Å². The maximum absolute atomic E-state index is 12.3. The molecule has 224 valence electrons. The van der Waals surface area contributed by atoms with Crippen LogP contribution in [0.3, 0.4) is 0 Å². The molecule has 1 aliphatic rings. The first-order valence-corrected chi connectivity index (χ1v) is 14.2. The summed E-state index contributed by atoms with van der Waals surface area (Å²) in [6.45, 7) is 5.46. The summed E-state index contributed by atoms with van der Waals surface area (Å²) in [7, 11) is 0. The normalized spacial score (nSPS) is 21.8. The van der Waals surface area contributed by atoms with Crippen LogP contribution in [-0.4, -0.2) is 76.4 Å². The smallest absolute Gasteiger partial charge is 0.303 e. The highest BCUT2D eigenvalue weighted by molar-refractivity contribution is 7.99. The summed E-state index contributed by atoms with van der Waals surface area (Å²) in [6, 6.07) is 16.1. The third-order valence-electron chi connectivity index (χ3n) is 6.24. The fourth-order valence-corrected chi connectivity index (χ4v) is 5.87. The third-order valence-corrected chi connectivity index (χ3v) is 7.40. The van der Waals surface area contributed by atoms with E-state index in [1.807, 2.05) is 59.2 Å². The fourth-order valence-electron chi connectivity index (χ4n) is 4.63. The summed E-state index contributed by atoms with van der Waals surface area (Å²) in [5.41, 5.74) is 0.697. The molecule has 0 bridgehead atoms. The largest absolute Gasteiger partial charge is 0.492 e. The minimum atomic E-state index is -1.17. The van der Waals surface area contributed by atoms with Crippen LogP contribution in [-0.2, 0) is 44.7 Å². The molecule has 0 aliphatic carbocycles. The number of nitrogens with one attached hydrogen (secondary N) is 1. The molecule has 2 aromatic carbocycles. The fraction of sp³-hybridized carbons (Fsp3) is 0.414. The van der Waals surface area contributed by atoms with Crippen LogP contribution in [0.25, 0.3) is 11.0 Å². The first-order chi connectivity index (χ1) is 20.1.